The van der Waals surface area contributed by atoms with Gasteiger partial charge in [0.05, 0.1) is 0 Å². The molecule has 1 saturated heterocycles. The van der Waals surface area contributed by atoms with Crippen LogP contribution in [0.15, 0.2) is 6.07 Å². The second-order valence-electron chi connectivity index (χ2n) is 4.24. The number of hydrogen-bond acceptors (Lipinski definition) is 5. The number of hydrogen-bond donors (Lipinski definition) is 2. The van der Waals surface area contributed by atoms with E-state index in [9.17, 15) is 0 Å². The smallest absolute Gasteiger partial charge is 0.239 e. The summed E-state index contributed by atoms with van der Waals surface area (Å²) in [4.78, 5) is 10.9. The van der Waals surface area contributed by atoms with Gasteiger partial charge in [0, 0.05) is 24.8 Å². The highest BCUT2D eigenvalue weighted by Crippen LogP contribution is 2.19. The van der Waals surface area contributed by atoms with Gasteiger partial charge >= 0.3 is 0 Å². The molecule has 0 radical (unpaired) electrons. The van der Waals surface area contributed by atoms with E-state index < -0.39 is 0 Å². The first-order chi connectivity index (χ1) is 7.79. The molecule has 2 rings (SSSR count). The molecule has 5 nitrogen and oxygen atoms in total. The Balaban J connectivity index is 2.20. The van der Waals surface area contributed by atoms with Crippen LogP contribution in [0.5, 0.6) is 0 Å². The quantitative estimate of drug-likeness (QED) is 0.584. The van der Waals surface area contributed by atoms with Crippen molar-refractivity contribution in [3.63, 3.8) is 0 Å². The molecule has 0 aliphatic carbocycles. The van der Waals surface area contributed by atoms with Crippen LogP contribution in [0.4, 0.5) is 11.8 Å². The van der Waals surface area contributed by atoms with Gasteiger partial charge in [-0.2, -0.15) is 4.98 Å². The van der Waals surface area contributed by atoms with Crippen molar-refractivity contribution < 1.29 is 0 Å². The van der Waals surface area contributed by atoms with Crippen LogP contribution in [0.25, 0.3) is 0 Å². The Morgan fingerprint density at radius 2 is 1.88 bits per heavy atom. The molecule has 1 aromatic rings. The zero-order chi connectivity index (χ0) is 11.4. The number of anilines is 2. The maximum atomic E-state index is 5.35. The number of aryl methyl sites for hydroxylation is 1. The molecule has 0 saturated carbocycles. The van der Waals surface area contributed by atoms with Crippen molar-refractivity contribution in [1.29, 1.82) is 0 Å². The zero-order valence-electron chi connectivity index (χ0n) is 9.74. The van der Waals surface area contributed by atoms with E-state index in [1.165, 1.54) is 25.7 Å². The van der Waals surface area contributed by atoms with E-state index in [0.29, 0.717) is 5.95 Å². The number of nitrogens with one attached hydrogen (secondary N) is 1. The standard InChI is InChI=1S/C11H19N5/c1-9-8-10(14-11(13-9)15-12)16-6-4-2-3-5-7-16/h8H,2-7,12H2,1H3,(H,13,14,15). The Bertz CT molecular complexity index is 344. The highest BCUT2D eigenvalue weighted by atomic mass is 15.3. The van der Waals surface area contributed by atoms with Crippen LogP contribution in [0, 0.1) is 6.92 Å². The van der Waals surface area contributed by atoms with Crippen LogP contribution in [-0.4, -0.2) is 23.1 Å². The Labute approximate surface area is 96.0 Å². The van der Waals surface area contributed by atoms with Gasteiger partial charge in [-0.05, 0) is 19.8 Å². The molecule has 16 heavy (non-hydrogen) atoms. The second kappa shape index (κ2) is 5.12. The highest BCUT2D eigenvalue weighted by molar-refractivity contribution is 5.44. The summed E-state index contributed by atoms with van der Waals surface area (Å²) in [5.41, 5.74) is 3.46. The van der Waals surface area contributed by atoms with Crippen molar-refractivity contribution in [3.05, 3.63) is 11.8 Å². The topological polar surface area (TPSA) is 67.1 Å². The van der Waals surface area contributed by atoms with Crippen LogP contribution in [-0.2, 0) is 0 Å². The minimum atomic E-state index is 0.499. The SMILES string of the molecule is Cc1cc(N2CCCCCC2)nc(NN)n1. The molecule has 1 fully saturated rings. The number of hydrazine groups is 1. The van der Waals surface area contributed by atoms with Crippen LogP contribution in [0.1, 0.15) is 31.4 Å². The zero-order valence-corrected chi connectivity index (χ0v) is 9.74. The van der Waals surface area contributed by atoms with Crippen molar-refractivity contribution in [2.45, 2.75) is 32.6 Å². The highest BCUT2D eigenvalue weighted by Gasteiger charge is 2.12. The number of aromatic nitrogens is 2. The number of nitrogen functional groups attached to an aromatic ring is 1. The third-order valence-electron chi connectivity index (χ3n) is 2.90. The van der Waals surface area contributed by atoms with E-state index in [2.05, 4.69) is 20.3 Å². The lowest BCUT2D eigenvalue weighted by Gasteiger charge is -2.21. The van der Waals surface area contributed by atoms with Gasteiger partial charge in [0.1, 0.15) is 5.82 Å². The van der Waals surface area contributed by atoms with Gasteiger partial charge in [-0.1, -0.05) is 12.8 Å². The molecular weight excluding hydrogens is 202 g/mol. The van der Waals surface area contributed by atoms with E-state index in [1.54, 1.807) is 0 Å². The fraction of sp³-hybridized carbons (Fsp3) is 0.636. The molecule has 2 heterocycles. The van der Waals surface area contributed by atoms with Crippen molar-refractivity contribution >= 4 is 11.8 Å². The second-order valence-corrected chi connectivity index (χ2v) is 4.24. The first kappa shape index (κ1) is 11.1. The molecule has 0 atom stereocenters. The maximum Gasteiger partial charge on any atom is 0.239 e. The van der Waals surface area contributed by atoms with E-state index in [-0.39, 0.29) is 0 Å². The number of nitrogens with two attached hydrogens (primary N) is 1. The summed E-state index contributed by atoms with van der Waals surface area (Å²) in [6.07, 6.45) is 5.13. The molecule has 1 aromatic heterocycles. The minimum absolute atomic E-state index is 0.499. The fourth-order valence-corrected chi connectivity index (χ4v) is 2.08. The molecule has 0 bridgehead atoms. The normalized spacial score (nSPS) is 17.0. The molecular formula is C11H19N5. The predicted molar refractivity (Wildman–Crippen MR) is 65.3 cm³/mol. The minimum Gasteiger partial charge on any atom is -0.356 e. The molecule has 3 N–H and O–H groups in total. The van der Waals surface area contributed by atoms with Crippen LogP contribution in [0.3, 0.4) is 0 Å². The molecule has 0 spiro atoms. The number of nitrogens with zero attached hydrogens (tertiary/aromatic N) is 3. The monoisotopic (exact) mass is 221 g/mol. The van der Waals surface area contributed by atoms with Crippen molar-refractivity contribution in [3.8, 4) is 0 Å². The molecule has 5 heteroatoms. The number of rotatable bonds is 2. The Morgan fingerprint density at radius 3 is 2.50 bits per heavy atom. The summed E-state index contributed by atoms with van der Waals surface area (Å²) in [6.45, 7) is 4.13. The third kappa shape index (κ3) is 2.61. The van der Waals surface area contributed by atoms with E-state index in [4.69, 9.17) is 5.84 Å². The molecule has 1 aliphatic rings. The van der Waals surface area contributed by atoms with Gasteiger partial charge in [-0.15, -0.1) is 0 Å². The van der Waals surface area contributed by atoms with E-state index >= 15 is 0 Å². The van der Waals surface area contributed by atoms with Gasteiger partial charge in [0.15, 0.2) is 0 Å². The lowest BCUT2D eigenvalue weighted by atomic mass is 10.2. The maximum absolute atomic E-state index is 5.35. The van der Waals surface area contributed by atoms with Crippen LogP contribution in [0.2, 0.25) is 0 Å². The summed E-state index contributed by atoms with van der Waals surface area (Å²) in [5, 5.41) is 0. The summed E-state index contributed by atoms with van der Waals surface area (Å²) in [6, 6.07) is 2.02. The summed E-state index contributed by atoms with van der Waals surface area (Å²) in [5.74, 6) is 6.84. The average Bonchev–Trinajstić information content (AvgIpc) is 2.56. The van der Waals surface area contributed by atoms with Crippen molar-refractivity contribution in [2.24, 2.45) is 5.84 Å². The first-order valence-corrected chi connectivity index (χ1v) is 5.87. The van der Waals surface area contributed by atoms with Crippen LogP contribution < -0.4 is 16.2 Å². The van der Waals surface area contributed by atoms with E-state index in [1.807, 2.05) is 13.0 Å². The van der Waals surface area contributed by atoms with Gasteiger partial charge in [-0.25, -0.2) is 10.8 Å². The van der Waals surface area contributed by atoms with Gasteiger partial charge in [0.25, 0.3) is 0 Å². The molecule has 0 unspecified atom stereocenters. The van der Waals surface area contributed by atoms with Crippen molar-refractivity contribution in [1.82, 2.24) is 9.97 Å². The summed E-state index contributed by atoms with van der Waals surface area (Å²) < 4.78 is 0. The largest absolute Gasteiger partial charge is 0.356 e. The van der Waals surface area contributed by atoms with Gasteiger partial charge in [0.2, 0.25) is 5.95 Å². The fourth-order valence-electron chi connectivity index (χ4n) is 2.08. The third-order valence-corrected chi connectivity index (χ3v) is 2.90. The lowest BCUT2D eigenvalue weighted by Crippen LogP contribution is -2.26. The first-order valence-electron chi connectivity index (χ1n) is 5.87. The molecule has 1 aliphatic heterocycles. The van der Waals surface area contributed by atoms with Crippen molar-refractivity contribution in [2.75, 3.05) is 23.4 Å². The van der Waals surface area contributed by atoms with Gasteiger partial charge < -0.3 is 4.90 Å². The van der Waals surface area contributed by atoms with E-state index in [0.717, 1.165) is 24.6 Å². The molecule has 0 amide bonds. The van der Waals surface area contributed by atoms with Gasteiger partial charge in [-0.3, -0.25) is 5.43 Å². The van der Waals surface area contributed by atoms with Crippen LogP contribution >= 0.6 is 0 Å². The summed E-state index contributed by atoms with van der Waals surface area (Å²) >= 11 is 0. The Hall–Kier alpha value is -1.36. The molecule has 0 aromatic carbocycles. The summed E-state index contributed by atoms with van der Waals surface area (Å²) in [7, 11) is 0. The average molecular weight is 221 g/mol. The Kier molecular flexibility index (Phi) is 3.56. The lowest BCUT2D eigenvalue weighted by molar-refractivity contribution is 0.726. The Morgan fingerprint density at radius 1 is 1.19 bits per heavy atom. The molecule has 88 valence electrons. The predicted octanol–water partition coefficient (Wildman–Crippen LogP) is 1.45.